The van der Waals surface area contributed by atoms with Crippen molar-refractivity contribution >= 4 is 0 Å². The number of rotatable bonds is 3. The Bertz CT molecular complexity index is 226. The van der Waals surface area contributed by atoms with Gasteiger partial charge in [0.05, 0.1) is 6.10 Å². The van der Waals surface area contributed by atoms with Crippen LogP contribution in [0.5, 0.6) is 0 Å². The van der Waals surface area contributed by atoms with E-state index >= 15 is 0 Å². The molecule has 0 radical (unpaired) electrons. The summed E-state index contributed by atoms with van der Waals surface area (Å²) in [6.45, 7) is 5.19. The average molecular weight is 211 g/mol. The highest BCUT2D eigenvalue weighted by molar-refractivity contribution is 4.97. The first kappa shape index (κ1) is 10.1. The molecular weight excluding hydrogens is 190 g/mol. The van der Waals surface area contributed by atoms with Crippen molar-refractivity contribution in [2.45, 2.75) is 31.8 Å². The minimum absolute atomic E-state index is 0.0535. The van der Waals surface area contributed by atoms with Crippen molar-refractivity contribution in [1.29, 1.82) is 0 Å². The first-order valence-electron chi connectivity index (χ1n) is 6.26. The van der Waals surface area contributed by atoms with Crippen molar-refractivity contribution in [1.82, 2.24) is 4.90 Å². The van der Waals surface area contributed by atoms with Gasteiger partial charge in [0.1, 0.15) is 0 Å². The van der Waals surface area contributed by atoms with Gasteiger partial charge in [-0.25, -0.2) is 0 Å². The van der Waals surface area contributed by atoms with Crippen LogP contribution < -0.4 is 0 Å². The van der Waals surface area contributed by atoms with E-state index in [1.165, 1.54) is 38.8 Å². The molecule has 1 unspecified atom stereocenters. The van der Waals surface area contributed by atoms with Crippen LogP contribution in [0.15, 0.2) is 0 Å². The van der Waals surface area contributed by atoms with Gasteiger partial charge in [0.2, 0.25) is 0 Å². The minimum Gasteiger partial charge on any atom is -0.392 e. The molecule has 2 heterocycles. The molecule has 3 heteroatoms. The van der Waals surface area contributed by atoms with Crippen LogP contribution in [0.1, 0.15) is 25.7 Å². The van der Waals surface area contributed by atoms with Crippen molar-refractivity contribution in [2.75, 3.05) is 32.8 Å². The van der Waals surface area contributed by atoms with E-state index in [9.17, 15) is 5.11 Å². The van der Waals surface area contributed by atoms with Crippen LogP contribution in [0, 0.1) is 11.3 Å². The van der Waals surface area contributed by atoms with Crippen LogP contribution in [0.2, 0.25) is 0 Å². The Hall–Kier alpha value is -0.120. The van der Waals surface area contributed by atoms with Gasteiger partial charge in [0.25, 0.3) is 0 Å². The van der Waals surface area contributed by atoms with Gasteiger partial charge in [0, 0.05) is 38.3 Å². The lowest BCUT2D eigenvalue weighted by molar-refractivity contribution is -0.0927. The quantitative estimate of drug-likeness (QED) is 0.752. The molecule has 0 aromatic carbocycles. The van der Waals surface area contributed by atoms with Gasteiger partial charge in [-0.1, -0.05) is 0 Å². The summed E-state index contributed by atoms with van der Waals surface area (Å²) >= 11 is 0. The number of nitrogens with zero attached hydrogens (tertiary/aromatic N) is 1. The smallest absolute Gasteiger partial charge is 0.0695 e. The Balaban J connectivity index is 1.44. The first-order valence-corrected chi connectivity index (χ1v) is 6.26. The molecule has 0 aromatic rings. The monoisotopic (exact) mass is 211 g/mol. The molecule has 3 nitrogen and oxygen atoms in total. The summed E-state index contributed by atoms with van der Waals surface area (Å²) in [5.74, 6) is 0.622. The molecule has 0 aromatic heterocycles. The predicted molar refractivity (Wildman–Crippen MR) is 57.7 cm³/mol. The van der Waals surface area contributed by atoms with E-state index in [1.807, 2.05) is 0 Å². The van der Waals surface area contributed by atoms with Gasteiger partial charge in [0.15, 0.2) is 0 Å². The van der Waals surface area contributed by atoms with Gasteiger partial charge in [-0.05, 0) is 31.6 Å². The molecule has 1 atom stereocenters. The summed E-state index contributed by atoms with van der Waals surface area (Å²) in [6.07, 6.45) is 4.88. The molecule has 3 fully saturated rings. The fourth-order valence-corrected chi connectivity index (χ4v) is 3.05. The normalized spacial score (nSPS) is 32.6. The number of β-amino-alcohol motifs (C(OH)–C–C–N with tert-alkyl or cyclic N) is 1. The Morgan fingerprint density at radius 2 is 1.93 bits per heavy atom. The molecule has 2 saturated heterocycles. The number of hydrogen-bond donors (Lipinski definition) is 1. The molecule has 3 aliphatic rings. The van der Waals surface area contributed by atoms with Gasteiger partial charge in [-0.3, -0.25) is 4.90 Å². The first-order chi connectivity index (χ1) is 7.27. The summed E-state index contributed by atoms with van der Waals surface area (Å²) in [6, 6.07) is 0. The SMILES string of the molecule is OC(CN1CC2(CCOCC2)C1)C1CC1. The van der Waals surface area contributed by atoms with Crippen LogP contribution in [0.4, 0.5) is 0 Å². The maximum Gasteiger partial charge on any atom is 0.0695 e. The van der Waals surface area contributed by atoms with Crippen molar-refractivity contribution in [3.05, 3.63) is 0 Å². The standard InChI is InChI=1S/C12H21NO2/c14-11(10-1-2-10)7-13-8-12(9-13)3-5-15-6-4-12/h10-11,14H,1-9H2. The second-order valence-electron chi connectivity index (χ2n) is 5.69. The summed E-state index contributed by atoms with van der Waals surface area (Å²) in [7, 11) is 0. The Morgan fingerprint density at radius 3 is 2.53 bits per heavy atom. The van der Waals surface area contributed by atoms with Crippen LogP contribution in [0.3, 0.4) is 0 Å². The summed E-state index contributed by atoms with van der Waals surface area (Å²) in [5.41, 5.74) is 0.557. The van der Waals surface area contributed by atoms with E-state index in [-0.39, 0.29) is 6.10 Å². The Labute approximate surface area is 91.4 Å². The molecule has 86 valence electrons. The van der Waals surface area contributed by atoms with Crippen LogP contribution in [-0.4, -0.2) is 49.0 Å². The lowest BCUT2D eigenvalue weighted by Gasteiger charge is -2.52. The molecule has 0 bridgehead atoms. The van der Waals surface area contributed by atoms with E-state index in [2.05, 4.69) is 4.90 Å². The van der Waals surface area contributed by atoms with Gasteiger partial charge in [-0.2, -0.15) is 0 Å². The van der Waals surface area contributed by atoms with Crippen molar-refractivity contribution in [3.8, 4) is 0 Å². The number of likely N-dealkylation sites (tertiary alicyclic amines) is 1. The van der Waals surface area contributed by atoms with Crippen LogP contribution in [-0.2, 0) is 4.74 Å². The highest BCUT2D eigenvalue weighted by Crippen LogP contribution is 2.41. The van der Waals surface area contributed by atoms with E-state index in [0.717, 1.165) is 19.8 Å². The van der Waals surface area contributed by atoms with E-state index < -0.39 is 0 Å². The number of aliphatic hydroxyl groups is 1. The number of aliphatic hydroxyl groups excluding tert-OH is 1. The largest absolute Gasteiger partial charge is 0.392 e. The molecule has 3 rings (SSSR count). The molecule has 1 N–H and O–H groups in total. The average Bonchev–Trinajstić information content (AvgIpc) is 3.00. The predicted octanol–water partition coefficient (Wildman–Crippen LogP) is 0.870. The second kappa shape index (κ2) is 3.72. The highest BCUT2D eigenvalue weighted by Gasteiger charge is 2.45. The van der Waals surface area contributed by atoms with E-state index in [0.29, 0.717) is 11.3 Å². The molecule has 15 heavy (non-hydrogen) atoms. The zero-order valence-corrected chi connectivity index (χ0v) is 9.32. The Kier molecular flexibility index (Phi) is 2.49. The highest BCUT2D eigenvalue weighted by atomic mass is 16.5. The molecule has 0 amide bonds. The van der Waals surface area contributed by atoms with Crippen LogP contribution >= 0.6 is 0 Å². The fourth-order valence-electron chi connectivity index (χ4n) is 3.05. The fraction of sp³-hybridized carbons (Fsp3) is 1.00. The summed E-state index contributed by atoms with van der Waals surface area (Å²) in [5, 5.41) is 9.84. The van der Waals surface area contributed by atoms with Gasteiger partial charge in [-0.15, -0.1) is 0 Å². The van der Waals surface area contributed by atoms with Crippen molar-refractivity contribution < 1.29 is 9.84 Å². The third-order valence-corrected chi connectivity index (χ3v) is 4.28. The lowest BCUT2D eigenvalue weighted by Crippen LogP contribution is -2.59. The van der Waals surface area contributed by atoms with Crippen molar-refractivity contribution in [2.24, 2.45) is 11.3 Å². The second-order valence-corrected chi connectivity index (χ2v) is 5.69. The third-order valence-electron chi connectivity index (χ3n) is 4.28. The third kappa shape index (κ3) is 2.05. The minimum atomic E-state index is -0.0535. The maximum atomic E-state index is 9.84. The zero-order valence-electron chi connectivity index (χ0n) is 9.32. The summed E-state index contributed by atoms with van der Waals surface area (Å²) in [4.78, 5) is 2.42. The molecule has 1 spiro atoms. The topological polar surface area (TPSA) is 32.7 Å². The van der Waals surface area contributed by atoms with Gasteiger partial charge < -0.3 is 9.84 Å². The van der Waals surface area contributed by atoms with Crippen molar-refractivity contribution in [3.63, 3.8) is 0 Å². The van der Waals surface area contributed by atoms with E-state index in [4.69, 9.17) is 4.74 Å². The molecule has 1 saturated carbocycles. The number of hydrogen-bond acceptors (Lipinski definition) is 3. The molecular formula is C12H21NO2. The molecule has 2 aliphatic heterocycles. The lowest BCUT2D eigenvalue weighted by atomic mass is 9.73. The Morgan fingerprint density at radius 1 is 1.27 bits per heavy atom. The number of ether oxygens (including phenoxy) is 1. The van der Waals surface area contributed by atoms with Crippen LogP contribution in [0.25, 0.3) is 0 Å². The summed E-state index contributed by atoms with van der Waals surface area (Å²) < 4.78 is 5.40. The van der Waals surface area contributed by atoms with Gasteiger partial charge >= 0.3 is 0 Å². The molecule has 1 aliphatic carbocycles. The zero-order chi connectivity index (χ0) is 10.3. The van der Waals surface area contributed by atoms with E-state index in [1.54, 1.807) is 0 Å². The maximum absolute atomic E-state index is 9.84.